The van der Waals surface area contributed by atoms with Gasteiger partial charge in [0.05, 0.1) is 13.0 Å². The van der Waals surface area contributed by atoms with Crippen LogP contribution in [0, 0.1) is 20.8 Å². The standard InChI is InChI=1S/C17H23NO3/c1-12-10-14(3)16(11-13(12)2)21-9-6-17(20)18-7-4-15(19)5-8-18/h10-11H,4-9H2,1-3H3. The largest absolute Gasteiger partial charge is 0.493 e. The number of nitrogens with zero attached hydrogens (tertiary/aromatic N) is 1. The van der Waals surface area contributed by atoms with Crippen molar-refractivity contribution in [2.45, 2.75) is 40.0 Å². The smallest absolute Gasteiger partial charge is 0.226 e. The summed E-state index contributed by atoms with van der Waals surface area (Å²) in [5.74, 6) is 1.17. The minimum atomic E-state index is 0.0731. The Morgan fingerprint density at radius 1 is 1.10 bits per heavy atom. The average Bonchev–Trinajstić information content (AvgIpc) is 2.45. The first-order valence-electron chi connectivity index (χ1n) is 7.47. The van der Waals surface area contributed by atoms with Crippen LogP contribution in [0.5, 0.6) is 5.75 Å². The molecule has 0 spiro atoms. The Balaban J connectivity index is 1.83. The Morgan fingerprint density at radius 3 is 2.38 bits per heavy atom. The fourth-order valence-electron chi connectivity index (χ4n) is 2.50. The minimum absolute atomic E-state index is 0.0731. The first kappa shape index (κ1) is 15.5. The van der Waals surface area contributed by atoms with Crippen LogP contribution in [-0.4, -0.2) is 36.3 Å². The number of amides is 1. The number of ketones is 1. The molecular weight excluding hydrogens is 266 g/mol. The molecule has 4 nitrogen and oxygen atoms in total. The molecule has 1 saturated heterocycles. The van der Waals surface area contributed by atoms with Gasteiger partial charge in [0.1, 0.15) is 11.5 Å². The zero-order valence-corrected chi connectivity index (χ0v) is 13.1. The van der Waals surface area contributed by atoms with Crippen molar-refractivity contribution in [3.63, 3.8) is 0 Å². The van der Waals surface area contributed by atoms with Crippen molar-refractivity contribution in [3.05, 3.63) is 28.8 Å². The third-order valence-corrected chi connectivity index (χ3v) is 4.04. The molecule has 0 atom stereocenters. The number of hydrogen-bond donors (Lipinski definition) is 0. The van der Waals surface area contributed by atoms with Crippen LogP contribution in [0.25, 0.3) is 0 Å². The highest BCUT2D eigenvalue weighted by atomic mass is 16.5. The van der Waals surface area contributed by atoms with Crippen LogP contribution >= 0.6 is 0 Å². The second-order valence-electron chi connectivity index (χ2n) is 5.72. The molecule has 0 bridgehead atoms. The topological polar surface area (TPSA) is 46.6 Å². The molecule has 21 heavy (non-hydrogen) atoms. The molecule has 1 amide bonds. The molecule has 4 heteroatoms. The third-order valence-electron chi connectivity index (χ3n) is 4.04. The predicted molar refractivity (Wildman–Crippen MR) is 81.6 cm³/mol. The van der Waals surface area contributed by atoms with E-state index in [1.54, 1.807) is 4.90 Å². The van der Waals surface area contributed by atoms with Gasteiger partial charge in [-0.15, -0.1) is 0 Å². The Kier molecular flexibility index (Phi) is 4.99. The number of Topliss-reactive ketones (excluding diaryl/α,β-unsaturated/α-hetero) is 1. The number of hydrogen-bond acceptors (Lipinski definition) is 3. The van der Waals surface area contributed by atoms with Crippen LogP contribution in [0.1, 0.15) is 36.0 Å². The van der Waals surface area contributed by atoms with E-state index in [4.69, 9.17) is 4.74 Å². The number of carbonyl (C=O) groups is 2. The molecule has 114 valence electrons. The molecule has 1 heterocycles. The van der Waals surface area contributed by atoms with Gasteiger partial charge >= 0.3 is 0 Å². The SMILES string of the molecule is Cc1cc(C)c(OCCC(=O)N2CCC(=O)CC2)cc1C. The molecule has 1 aliphatic rings. The average molecular weight is 289 g/mol. The van der Waals surface area contributed by atoms with E-state index in [2.05, 4.69) is 19.9 Å². The number of piperidine rings is 1. The summed E-state index contributed by atoms with van der Waals surface area (Å²) < 4.78 is 5.74. The van der Waals surface area contributed by atoms with Crippen molar-refractivity contribution in [1.82, 2.24) is 4.90 Å². The van der Waals surface area contributed by atoms with E-state index in [9.17, 15) is 9.59 Å². The lowest BCUT2D eigenvalue weighted by atomic mass is 10.1. The van der Waals surface area contributed by atoms with Crippen LogP contribution in [0.15, 0.2) is 12.1 Å². The van der Waals surface area contributed by atoms with Gasteiger partial charge in [-0.2, -0.15) is 0 Å². The van der Waals surface area contributed by atoms with Crippen LogP contribution in [0.2, 0.25) is 0 Å². The molecule has 1 aliphatic heterocycles. The molecule has 1 fully saturated rings. The van der Waals surface area contributed by atoms with Crippen LogP contribution in [0.3, 0.4) is 0 Å². The number of aryl methyl sites for hydroxylation is 3. The maximum atomic E-state index is 12.0. The molecule has 0 aromatic heterocycles. The maximum Gasteiger partial charge on any atom is 0.226 e. The van der Waals surface area contributed by atoms with Crippen molar-refractivity contribution in [1.29, 1.82) is 0 Å². The highest BCUT2D eigenvalue weighted by Crippen LogP contribution is 2.22. The number of benzene rings is 1. The van der Waals surface area contributed by atoms with Gasteiger partial charge < -0.3 is 9.64 Å². The van der Waals surface area contributed by atoms with Crippen LogP contribution in [0.4, 0.5) is 0 Å². The highest BCUT2D eigenvalue weighted by molar-refractivity contribution is 5.83. The first-order chi connectivity index (χ1) is 9.97. The summed E-state index contributed by atoms with van der Waals surface area (Å²) in [7, 11) is 0. The quantitative estimate of drug-likeness (QED) is 0.856. The van der Waals surface area contributed by atoms with Gasteiger partial charge in [0, 0.05) is 25.9 Å². The van der Waals surface area contributed by atoms with Crippen molar-refractivity contribution >= 4 is 11.7 Å². The number of ether oxygens (including phenoxy) is 1. The number of rotatable bonds is 4. The van der Waals surface area contributed by atoms with Crippen LogP contribution < -0.4 is 4.74 Å². The first-order valence-corrected chi connectivity index (χ1v) is 7.47. The fraction of sp³-hybridized carbons (Fsp3) is 0.529. The zero-order chi connectivity index (χ0) is 15.4. The van der Waals surface area contributed by atoms with Crippen molar-refractivity contribution < 1.29 is 14.3 Å². The Bertz CT molecular complexity index is 541. The Labute approximate surface area is 126 Å². The minimum Gasteiger partial charge on any atom is -0.493 e. The summed E-state index contributed by atoms with van der Waals surface area (Å²) in [5, 5.41) is 0. The summed E-state index contributed by atoms with van der Waals surface area (Å²) in [6.07, 6.45) is 1.34. The molecule has 1 aromatic carbocycles. The van der Waals surface area contributed by atoms with Gasteiger partial charge in [-0.05, 0) is 43.5 Å². The monoisotopic (exact) mass is 289 g/mol. The van der Waals surface area contributed by atoms with Crippen molar-refractivity contribution in [2.24, 2.45) is 0 Å². The van der Waals surface area contributed by atoms with Gasteiger partial charge in [0.2, 0.25) is 5.91 Å². The molecule has 0 unspecified atom stereocenters. The highest BCUT2D eigenvalue weighted by Gasteiger charge is 2.20. The predicted octanol–water partition coefficient (Wildman–Crippen LogP) is 2.57. The lowest BCUT2D eigenvalue weighted by molar-refractivity contribution is -0.134. The number of likely N-dealkylation sites (tertiary alicyclic amines) is 1. The van der Waals surface area contributed by atoms with E-state index in [-0.39, 0.29) is 11.7 Å². The fourth-order valence-corrected chi connectivity index (χ4v) is 2.50. The van der Waals surface area contributed by atoms with E-state index in [0.29, 0.717) is 39.0 Å². The van der Waals surface area contributed by atoms with Gasteiger partial charge in [0.15, 0.2) is 0 Å². The van der Waals surface area contributed by atoms with Crippen molar-refractivity contribution in [3.8, 4) is 5.75 Å². The van der Waals surface area contributed by atoms with Gasteiger partial charge in [-0.3, -0.25) is 9.59 Å². The second-order valence-corrected chi connectivity index (χ2v) is 5.72. The van der Waals surface area contributed by atoms with Crippen LogP contribution in [-0.2, 0) is 9.59 Å². The van der Waals surface area contributed by atoms with Gasteiger partial charge in [0.25, 0.3) is 0 Å². The molecule has 0 aliphatic carbocycles. The van der Waals surface area contributed by atoms with E-state index in [0.717, 1.165) is 11.3 Å². The van der Waals surface area contributed by atoms with Gasteiger partial charge in [-0.25, -0.2) is 0 Å². The molecular formula is C17H23NO3. The summed E-state index contributed by atoms with van der Waals surface area (Å²) in [4.78, 5) is 25.0. The summed E-state index contributed by atoms with van der Waals surface area (Å²) in [5.41, 5.74) is 3.53. The molecule has 0 radical (unpaired) electrons. The molecule has 2 rings (SSSR count). The Hall–Kier alpha value is -1.84. The molecule has 0 saturated carbocycles. The maximum absolute atomic E-state index is 12.0. The summed E-state index contributed by atoms with van der Waals surface area (Å²) in [6.45, 7) is 7.64. The van der Waals surface area contributed by atoms with Gasteiger partial charge in [-0.1, -0.05) is 6.07 Å². The normalized spacial score (nSPS) is 15.2. The summed E-state index contributed by atoms with van der Waals surface area (Å²) >= 11 is 0. The van der Waals surface area contributed by atoms with E-state index in [1.165, 1.54) is 11.1 Å². The zero-order valence-electron chi connectivity index (χ0n) is 13.1. The van der Waals surface area contributed by atoms with E-state index in [1.807, 2.05) is 13.0 Å². The van der Waals surface area contributed by atoms with E-state index < -0.39 is 0 Å². The molecule has 1 aromatic rings. The Morgan fingerprint density at radius 2 is 1.71 bits per heavy atom. The lowest BCUT2D eigenvalue weighted by Gasteiger charge is -2.26. The third kappa shape index (κ3) is 4.06. The van der Waals surface area contributed by atoms with Crippen molar-refractivity contribution in [2.75, 3.05) is 19.7 Å². The number of carbonyl (C=O) groups excluding carboxylic acids is 2. The second kappa shape index (κ2) is 6.74. The lowest BCUT2D eigenvalue weighted by Crippen LogP contribution is -2.39. The summed E-state index contributed by atoms with van der Waals surface area (Å²) in [6, 6.07) is 4.12. The molecule has 0 N–H and O–H groups in total. The van der Waals surface area contributed by atoms with E-state index >= 15 is 0 Å².